The predicted molar refractivity (Wildman–Crippen MR) is 235 cm³/mol. The van der Waals surface area contributed by atoms with Gasteiger partial charge in [0.1, 0.15) is 11.2 Å². The fourth-order valence-electron chi connectivity index (χ4n) is 8.30. The SMILES string of the molecule is c1ccc(-c2ccccc2N(c2ccc(-c3ccc4c(ccc5oc6cccc(-c7ccccc7)c6c54)c3)cc2)c2ccc3sc4ccccc4c3c2)cc1. The van der Waals surface area contributed by atoms with Gasteiger partial charge in [0.15, 0.2) is 0 Å². The van der Waals surface area contributed by atoms with E-state index in [1.165, 1.54) is 64.3 Å². The highest BCUT2D eigenvalue weighted by Crippen LogP contribution is 2.45. The Morgan fingerprint density at radius 3 is 1.85 bits per heavy atom. The average molecular weight is 720 g/mol. The fraction of sp³-hybridized carbons (Fsp3) is 0. The molecule has 0 saturated heterocycles. The van der Waals surface area contributed by atoms with Gasteiger partial charge < -0.3 is 9.32 Å². The third kappa shape index (κ3) is 5.32. The molecule has 0 aliphatic rings. The molecule has 0 aliphatic carbocycles. The fourth-order valence-corrected chi connectivity index (χ4v) is 9.38. The van der Waals surface area contributed by atoms with Crippen LogP contribution in [0.4, 0.5) is 17.1 Å². The van der Waals surface area contributed by atoms with Crippen LogP contribution in [-0.2, 0) is 0 Å². The highest BCUT2D eigenvalue weighted by molar-refractivity contribution is 7.25. The van der Waals surface area contributed by atoms with Gasteiger partial charge in [0.05, 0.1) is 5.69 Å². The second-order valence-corrected chi connectivity index (χ2v) is 15.1. The van der Waals surface area contributed by atoms with E-state index in [0.29, 0.717) is 0 Å². The molecule has 2 aromatic heterocycles. The van der Waals surface area contributed by atoms with E-state index in [1.54, 1.807) is 0 Å². The molecule has 0 saturated carbocycles. The average Bonchev–Trinajstić information content (AvgIpc) is 3.83. The molecule has 0 fully saturated rings. The molecule has 0 unspecified atom stereocenters. The maximum Gasteiger partial charge on any atom is 0.136 e. The zero-order valence-electron chi connectivity index (χ0n) is 29.8. The van der Waals surface area contributed by atoms with Crippen molar-refractivity contribution in [3.63, 3.8) is 0 Å². The molecule has 2 heterocycles. The minimum atomic E-state index is 0.910. The Morgan fingerprint density at radius 2 is 1.02 bits per heavy atom. The standard InChI is InChI=1S/C52H33NOS/c1-3-12-35(13-4-1)41-16-7-9-19-46(41)53(40-28-31-50-45(33-40)44-17-8-10-21-49(44)55-50)39-26-22-34(23-27-39)37-24-29-43-38(32-37)25-30-48-52(43)51-42(18-11-20-47(51)54-48)36-14-5-2-6-15-36/h1-33H. The van der Waals surface area contributed by atoms with Crippen LogP contribution in [0.15, 0.2) is 205 Å². The van der Waals surface area contributed by atoms with Crippen LogP contribution in [0, 0.1) is 0 Å². The molecule has 11 aromatic rings. The van der Waals surface area contributed by atoms with Crippen LogP contribution in [-0.4, -0.2) is 0 Å². The summed E-state index contributed by atoms with van der Waals surface area (Å²) in [5, 5.41) is 7.29. The molecular formula is C52H33NOS. The Balaban J connectivity index is 1.03. The van der Waals surface area contributed by atoms with Crippen molar-refractivity contribution in [1.29, 1.82) is 0 Å². The van der Waals surface area contributed by atoms with E-state index in [2.05, 4.69) is 205 Å². The summed E-state index contributed by atoms with van der Waals surface area (Å²) < 4.78 is 9.02. The van der Waals surface area contributed by atoms with Crippen molar-refractivity contribution in [2.24, 2.45) is 0 Å². The van der Waals surface area contributed by atoms with Gasteiger partial charge in [0.25, 0.3) is 0 Å². The Bertz CT molecular complexity index is 3190. The molecule has 0 amide bonds. The summed E-state index contributed by atoms with van der Waals surface area (Å²) in [6.07, 6.45) is 0. The molecule has 3 heteroatoms. The Hall–Kier alpha value is -6.94. The minimum absolute atomic E-state index is 0.910. The highest BCUT2D eigenvalue weighted by Gasteiger charge is 2.19. The third-order valence-electron chi connectivity index (χ3n) is 10.9. The second kappa shape index (κ2) is 12.9. The zero-order valence-corrected chi connectivity index (χ0v) is 30.6. The summed E-state index contributed by atoms with van der Waals surface area (Å²) in [6.45, 7) is 0. The molecule has 55 heavy (non-hydrogen) atoms. The van der Waals surface area contributed by atoms with Crippen molar-refractivity contribution >= 4 is 81.3 Å². The van der Waals surface area contributed by atoms with E-state index in [4.69, 9.17) is 4.42 Å². The number of rotatable bonds is 6. The van der Waals surface area contributed by atoms with Crippen LogP contribution < -0.4 is 4.90 Å². The number of hydrogen-bond donors (Lipinski definition) is 0. The van der Waals surface area contributed by atoms with E-state index in [0.717, 1.165) is 39.0 Å². The lowest BCUT2D eigenvalue weighted by Crippen LogP contribution is -2.11. The van der Waals surface area contributed by atoms with Gasteiger partial charge in [-0.3, -0.25) is 0 Å². The number of para-hydroxylation sites is 1. The van der Waals surface area contributed by atoms with Crippen molar-refractivity contribution < 1.29 is 4.42 Å². The maximum absolute atomic E-state index is 6.42. The predicted octanol–water partition coefficient (Wildman–Crippen LogP) is 15.6. The van der Waals surface area contributed by atoms with Gasteiger partial charge in [-0.05, 0) is 99.3 Å². The summed E-state index contributed by atoms with van der Waals surface area (Å²) in [4.78, 5) is 2.41. The van der Waals surface area contributed by atoms with Gasteiger partial charge in [0, 0.05) is 47.9 Å². The van der Waals surface area contributed by atoms with Crippen molar-refractivity contribution in [1.82, 2.24) is 0 Å². The Kier molecular flexibility index (Phi) is 7.39. The Morgan fingerprint density at radius 1 is 0.364 bits per heavy atom. The maximum atomic E-state index is 6.42. The smallest absolute Gasteiger partial charge is 0.136 e. The number of nitrogens with zero attached hydrogens (tertiary/aromatic N) is 1. The molecule has 2 nitrogen and oxygen atoms in total. The first-order valence-corrected chi connectivity index (χ1v) is 19.5. The summed E-state index contributed by atoms with van der Waals surface area (Å²) in [5.41, 5.74) is 12.3. The van der Waals surface area contributed by atoms with Gasteiger partial charge in [-0.15, -0.1) is 11.3 Å². The summed E-state index contributed by atoms with van der Waals surface area (Å²) in [7, 11) is 0. The molecule has 258 valence electrons. The lowest BCUT2D eigenvalue weighted by molar-refractivity contribution is 0.669. The van der Waals surface area contributed by atoms with Crippen LogP contribution >= 0.6 is 11.3 Å². The van der Waals surface area contributed by atoms with E-state index in [-0.39, 0.29) is 0 Å². The van der Waals surface area contributed by atoms with Crippen LogP contribution in [0.25, 0.3) is 86.3 Å². The quantitative estimate of drug-likeness (QED) is 0.170. The van der Waals surface area contributed by atoms with Crippen molar-refractivity contribution in [2.45, 2.75) is 0 Å². The molecule has 0 N–H and O–H groups in total. The third-order valence-corrected chi connectivity index (χ3v) is 12.0. The topological polar surface area (TPSA) is 16.4 Å². The molecule has 11 rings (SSSR count). The first-order chi connectivity index (χ1) is 27.3. The lowest BCUT2D eigenvalue weighted by atomic mass is 9.95. The van der Waals surface area contributed by atoms with E-state index >= 15 is 0 Å². The van der Waals surface area contributed by atoms with Crippen molar-refractivity contribution in [3.05, 3.63) is 200 Å². The first kappa shape index (κ1) is 31.6. The number of hydrogen-bond acceptors (Lipinski definition) is 3. The van der Waals surface area contributed by atoms with Gasteiger partial charge in [-0.25, -0.2) is 0 Å². The number of benzene rings is 9. The molecule has 0 radical (unpaired) electrons. The highest BCUT2D eigenvalue weighted by atomic mass is 32.1. The number of thiophene rings is 1. The van der Waals surface area contributed by atoms with Crippen molar-refractivity contribution in [2.75, 3.05) is 4.90 Å². The summed E-state index contributed by atoms with van der Waals surface area (Å²) in [6, 6.07) is 72.1. The van der Waals surface area contributed by atoms with Gasteiger partial charge in [-0.2, -0.15) is 0 Å². The van der Waals surface area contributed by atoms with E-state index in [1.807, 2.05) is 11.3 Å². The van der Waals surface area contributed by atoms with Gasteiger partial charge >= 0.3 is 0 Å². The summed E-state index contributed by atoms with van der Waals surface area (Å²) in [5.74, 6) is 0. The van der Waals surface area contributed by atoms with Gasteiger partial charge in [0.2, 0.25) is 0 Å². The largest absolute Gasteiger partial charge is 0.456 e. The zero-order chi connectivity index (χ0) is 36.3. The van der Waals surface area contributed by atoms with Crippen LogP contribution in [0.1, 0.15) is 0 Å². The second-order valence-electron chi connectivity index (χ2n) is 14.1. The van der Waals surface area contributed by atoms with E-state index in [9.17, 15) is 0 Å². The molecule has 0 atom stereocenters. The molecule has 0 spiro atoms. The van der Waals surface area contributed by atoms with Crippen LogP contribution in [0.3, 0.4) is 0 Å². The van der Waals surface area contributed by atoms with Crippen LogP contribution in [0.2, 0.25) is 0 Å². The van der Waals surface area contributed by atoms with Crippen molar-refractivity contribution in [3.8, 4) is 33.4 Å². The Labute approximate surface area is 322 Å². The lowest BCUT2D eigenvalue weighted by Gasteiger charge is -2.28. The first-order valence-electron chi connectivity index (χ1n) is 18.7. The monoisotopic (exact) mass is 719 g/mol. The number of fused-ring (bicyclic) bond motifs is 8. The summed E-state index contributed by atoms with van der Waals surface area (Å²) >= 11 is 1.85. The van der Waals surface area contributed by atoms with Gasteiger partial charge in [-0.1, -0.05) is 140 Å². The van der Waals surface area contributed by atoms with Crippen LogP contribution in [0.5, 0.6) is 0 Å². The molecule has 0 aliphatic heterocycles. The van der Waals surface area contributed by atoms with E-state index < -0.39 is 0 Å². The molecular weight excluding hydrogens is 687 g/mol. The number of anilines is 3. The molecule has 9 aromatic carbocycles. The minimum Gasteiger partial charge on any atom is -0.456 e. The normalized spacial score (nSPS) is 11.6. The molecule has 0 bridgehead atoms. The number of furan rings is 1.